The highest BCUT2D eigenvalue weighted by atomic mass is 16.3. The van der Waals surface area contributed by atoms with Crippen molar-refractivity contribution in [1.82, 2.24) is 0 Å². The van der Waals surface area contributed by atoms with Crippen LogP contribution in [0.2, 0.25) is 0 Å². The van der Waals surface area contributed by atoms with Crippen molar-refractivity contribution in [3.05, 3.63) is 0 Å². The highest BCUT2D eigenvalue weighted by molar-refractivity contribution is 5.75. The van der Waals surface area contributed by atoms with Crippen molar-refractivity contribution in [2.45, 2.75) is 104 Å². The molecule has 1 N–H and O–H groups in total. The zero-order chi connectivity index (χ0) is 19.4. The molecular weight excluding hydrogens is 332 g/mol. The van der Waals surface area contributed by atoms with Crippen molar-refractivity contribution in [1.29, 1.82) is 0 Å². The lowest BCUT2D eigenvalue weighted by Gasteiger charge is -2.61. The zero-order valence-corrected chi connectivity index (χ0v) is 18.2. The van der Waals surface area contributed by atoms with E-state index in [1.165, 1.54) is 44.9 Å². The number of aliphatic hydroxyl groups excluding tert-OH is 1. The molecule has 0 saturated heterocycles. The van der Waals surface area contributed by atoms with Crippen LogP contribution in [0.4, 0.5) is 0 Å². The van der Waals surface area contributed by atoms with Crippen LogP contribution < -0.4 is 0 Å². The number of Topliss-reactive ketones (excluding diaryl/α,β-unsaturated/α-hetero) is 1. The van der Waals surface area contributed by atoms with Crippen LogP contribution in [-0.2, 0) is 4.79 Å². The molecule has 0 aromatic heterocycles. The molecule has 0 radical (unpaired) electrons. The van der Waals surface area contributed by atoms with Gasteiger partial charge in [-0.05, 0) is 117 Å². The minimum atomic E-state index is -0.0357. The van der Waals surface area contributed by atoms with Crippen molar-refractivity contribution < 1.29 is 9.90 Å². The van der Waals surface area contributed by atoms with Gasteiger partial charge in [-0.1, -0.05) is 20.8 Å². The Morgan fingerprint density at radius 2 is 1.70 bits per heavy atom. The number of hydrogen-bond donors (Lipinski definition) is 1. The Morgan fingerprint density at radius 1 is 1.00 bits per heavy atom. The Balaban J connectivity index is 1.51. The summed E-state index contributed by atoms with van der Waals surface area (Å²) in [5.41, 5.74) is 0.997. The average molecular weight is 375 g/mol. The number of aliphatic hydroxyl groups is 1. The number of fused-ring (bicyclic) bond motifs is 5. The molecule has 2 nitrogen and oxygen atoms in total. The molecule has 0 aromatic rings. The lowest BCUT2D eigenvalue weighted by Crippen LogP contribution is -2.54. The van der Waals surface area contributed by atoms with Crippen LogP contribution >= 0.6 is 0 Å². The Morgan fingerprint density at radius 3 is 2.44 bits per heavy atom. The van der Waals surface area contributed by atoms with E-state index in [-0.39, 0.29) is 6.10 Å². The fourth-order valence-electron chi connectivity index (χ4n) is 8.84. The van der Waals surface area contributed by atoms with E-state index >= 15 is 0 Å². The number of hydrogen-bond acceptors (Lipinski definition) is 2. The summed E-state index contributed by atoms with van der Waals surface area (Å²) in [6.45, 7) is 9.38. The summed E-state index contributed by atoms with van der Waals surface area (Å²) in [6, 6.07) is 0. The van der Waals surface area contributed by atoms with Crippen molar-refractivity contribution in [3.63, 3.8) is 0 Å². The molecule has 27 heavy (non-hydrogen) atoms. The minimum absolute atomic E-state index is 0.0357. The predicted molar refractivity (Wildman–Crippen MR) is 110 cm³/mol. The maximum atomic E-state index is 11.5. The van der Waals surface area contributed by atoms with Gasteiger partial charge in [0.2, 0.25) is 0 Å². The van der Waals surface area contributed by atoms with E-state index in [1.54, 1.807) is 6.92 Å². The maximum absolute atomic E-state index is 11.5. The Labute approximate surface area is 166 Å². The van der Waals surface area contributed by atoms with Gasteiger partial charge >= 0.3 is 0 Å². The molecule has 4 aliphatic rings. The fraction of sp³-hybridized carbons (Fsp3) is 0.960. The first kappa shape index (κ1) is 19.9. The summed E-state index contributed by atoms with van der Waals surface area (Å²) in [7, 11) is 0. The normalized spacial score (nSPS) is 50.4. The largest absolute Gasteiger partial charge is 0.393 e. The second kappa shape index (κ2) is 7.15. The van der Waals surface area contributed by atoms with Gasteiger partial charge in [0.1, 0.15) is 5.78 Å². The van der Waals surface area contributed by atoms with E-state index in [0.717, 1.165) is 55.3 Å². The number of carbonyl (C=O) groups is 1. The third-order valence-electron chi connectivity index (χ3n) is 10.4. The fourth-order valence-corrected chi connectivity index (χ4v) is 8.84. The first-order valence-corrected chi connectivity index (χ1v) is 11.9. The molecule has 4 rings (SSSR count). The van der Waals surface area contributed by atoms with Crippen LogP contribution in [0.3, 0.4) is 0 Å². The molecule has 0 aromatic carbocycles. The van der Waals surface area contributed by atoms with E-state index in [2.05, 4.69) is 20.8 Å². The van der Waals surface area contributed by atoms with Crippen molar-refractivity contribution >= 4 is 5.78 Å². The lowest BCUT2D eigenvalue weighted by molar-refractivity contribution is -0.129. The summed E-state index contributed by atoms with van der Waals surface area (Å²) in [5.74, 6) is 5.36. The molecule has 0 amide bonds. The van der Waals surface area contributed by atoms with Crippen molar-refractivity contribution in [3.8, 4) is 0 Å². The van der Waals surface area contributed by atoms with Gasteiger partial charge < -0.3 is 9.90 Å². The van der Waals surface area contributed by atoms with E-state index in [9.17, 15) is 9.90 Å². The quantitative estimate of drug-likeness (QED) is 0.654. The Hall–Kier alpha value is -0.370. The third-order valence-corrected chi connectivity index (χ3v) is 10.4. The molecule has 0 aliphatic heterocycles. The zero-order valence-electron chi connectivity index (χ0n) is 18.2. The molecule has 2 heteroatoms. The van der Waals surface area contributed by atoms with E-state index in [0.29, 0.717) is 22.5 Å². The molecule has 4 fully saturated rings. The van der Waals surface area contributed by atoms with Gasteiger partial charge in [-0.2, -0.15) is 0 Å². The topological polar surface area (TPSA) is 37.3 Å². The molecule has 0 heterocycles. The molecular formula is C25H42O2. The van der Waals surface area contributed by atoms with E-state index < -0.39 is 0 Å². The standard InChI is InChI=1S/C25H42O2/c1-16(5-6-17(2)26)21-9-10-22-20-8-7-18-15-19(27)11-13-24(18,3)23(20)12-14-25(21,22)4/h16,18-23,27H,5-15H2,1-4H3/t16-,18-,19-,20?,21-,22?,23?,24+,25-/m1/s1. The second-order valence-electron chi connectivity index (χ2n) is 11.5. The SMILES string of the molecule is CC(=O)CC[C@@H](C)[C@H]1CCC2C3CC[C@@H]4C[C@H](O)CC[C@]4(C)C3CC[C@@]21C. The molecule has 4 saturated carbocycles. The average Bonchev–Trinajstić information content (AvgIpc) is 2.97. The van der Waals surface area contributed by atoms with Gasteiger partial charge in [0, 0.05) is 6.42 Å². The number of carbonyl (C=O) groups excluding carboxylic acids is 1. The lowest BCUT2D eigenvalue weighted by atomic mass is 9.44. The summed E-state index contributed by atoms with van der Waals surface area (Å²) < 4.78 is 0. The van der Waals surface area contributed by atoms with Crippen LogP contribution in [0.25, 0.3) is 0 Å². The van der Waals surface area contributed by atoms with Crippen LogP contribution in [-0.4, -0.2) is 17.0 Å². The minimum Gasteiger partial charge on any atom is -0.393 e. The smallest absolute Gasteiger partial charge is 0.129 e. The summed E-state index contributed by atoms with van der Waals surface area (Å²) in [6.07, 6.45) is 13.6. The van der Waals surface area contributed by atoms with Gasteiger partial charge in [-0.3, -0.25) is 0 Å². The highest BCUT2D eigenvalue weighted by Crippen LogP contribution is 2.68. The summed E-state index contributed by atoms with van der Waals surface area (Å²) in [5, 5.41) is 10.2. The predicted octanol–water partition coefficient (Wildman–Crippen LogP) is 6.01. The molecule has 0 spiro atoms. The third kappa shape index (κ3) is 3.22. The summed E-state index contributed by atoms with van der Waals surface area (Å²) in [4.78, 5) is 11.5. The number of rotatable bonds is 4. The van der Waals surface area contributed by atoms with E-state index in [4.69, 9.17) is 0 Å². The highest BCUT2D eigenvalue weighted by Gasteiger charge is 2.60. The van der Waals surface area contributed by atoms with Crippen LogP contribution in [0.1, 0.15) is 98.3 Å². The van der Waals surface area contributed by atoms with Gasteiger partial charge in [-0.25, -0.2) is 0 Å². The van der Waals surface area contributed by atoms with Gasteiger partial charge in [0.05, 0.1) is 6.10 Å². The van der Waals surface area contributed by atoms with Crippen LogP contribution in [0, 0.1) is 46.3 Å². The Kier molecular flexibility index (Phi) is 5.28. The van der Waals surface area contributed by atoms with Gasteiger partial charge in [-0.15, -0.1) is 0 Å². The maximum Gasteiger partial charge on any atom is 0.129 e. The molecule has 154 valence electrons. The molecule has 3 unspecified atom stereocenters. The first-order chi connectivity index (χ1) is 12.8. The molecule has 4 aliphatic carbocycles. The first-order valence-electron chi connectivity index (χ1n) is 11.9. The summed E-state index contributed by atoms with van der Waals surface area (Å²) >= 11 is 0. The Bertz CT molecular complexity index is 571. The second-order valence-corrected chi connectivity index (χ2v) is 11.5. The molecule has 0 bridgehead atoms. The van der Waals surface area contributed by atoms with Gasteiger partial charge in [0.25, 0.3) is 0 Å². The van der Waals surface area contributed by atoms with Crippen LogP contribution in [0.5, 0.6) is 0 Å². The number of ketones is 1. The monoisotopic (exact) mass is 374 g/mol. The van der Waals surface area contributed by atoms with Crippen LogP contribution in [0.15, 0.2) is 0 Å². The van der Waals surface area contributed by atoms with Crippen molar-refractivity contribution in [2.75, 3.05) is 0 Å². The van der Waals surface area contributed by atoms with E-state index in [1.807, 2.05) is 0 Å². The molecule has 9 atom stereocenters. The van der Waals surface area contributed by atoms with Crippen molar-refractivity contribution in [2.24, 2.45) is 46.3 Å². The van der Waals surface area contributed by atoms with Gasteiger partial charge in [0.15, 0.2) is 0 Å².